The van der Waals surface area contributed by atoms with Crippen molar-refractivity contribution in [3.05, 3.63) is 65.5 Å². The van der Waals surface area contributed by atoms with Crippen molar-refractivity contribution >= 4 is 11.6 Å². The Balaban J connectivity index is 2.23. The number of nitrogens with zero attached hydrogens (tertiary/aromatic N) is 1. The number of halogens is 1. The minimum absolute atomic E-state index is 0.250. The van der Waals surface area contributed by atoms with Gasteiger partial charge in [0.15, 0.2) is 0 Å². The van der Waals surface area contributed by atoms with Crippen LogP contribution >= 0.6 is 0 Å². The third kappa shape index (κ3) is 2.98. The number of benzene rings is 2. The molecule has 2 aromatic carbocycles. The molecule has 0 radical (unpaired) electrons. The topological polar surface area (TPSA) is 46.3 Å². The molecule has 0 bridgehead atoms. The summed E-state index contributed by atoms with van der Waals surface area (Å²) in [6.45, 7) is 0.460. The molecule has 19 heavy (non-hydrogen) atoms. The number of anilines is 1. The summed E-state index contributed by atoms with van der Waals surface area (Å²) in [6.07, 6.45) is 0. The lowest BCUT2D eigenvalue weighted by Gasteiger charge is -2.17. The summed E-state index contributed by atoms with van der Waals surface area (Å²) in [5.41, 5.74) is 7.58. The van der Waals surface area contributed by atoms with Crippen molar-refractivity contribution in [2.45, 2.75) is 6.54 Å². The van der Waals surface area contributed by atoms with Gasteiger partial charge in [0.25, 0.3) is 5.91 Å². The van der Waals surface area contributed by atoms with Crippen molar-refractivity contribution in [3.8, 4) is 0 Å². The van der Waals surface area contributed by atoms with Gasteiger partial charge in [-0.1, -0.05) is 18.2 Å². The van der Waals surface area contributed by atoms with E-state index < -0.39 is 5.82 Å². The number of carbonyl (C=O) groups is 1. The monoisotopic (exact) mass is 258 g/mol. The third-order valence-corrected chi connectivity index (χ3v) is 2.94. The van der Waals surface area contributed by atoms with Crippen LogP contribution in [0.2, 0.25) is 0 Å². The Labute approximate surface area is 111 Å². The SMILES string of the molecule is CN(C(=O)c1cccc(F)c1)c1ccc(CN)cc1. The molecule has 2 aromatic rings. The van der Waals surface area contributed by atoms with E-state index in [4.69, 9.17) is 5.73 Å². The van der Waals surface area contributed by atoms with E-state index in [0.717, 1.165) is 11.3 Å². The van der Waals surface area contributed by atoms with Gasteiger partial charge in [-0.2, -0.15) is 0 Å². The van der Waals surface area contributed by atoms with Crippen molar-refractivity contribution in [2.24, 2.45) is 5.73 Å². The molecule has 3 nitrogen and oxygen atoms in total. The molecule has 98 valence electrons. The number of carbonyl (C=O) groups excluding carboxylic acids is 1. The normalized spacial score (nSPS) is 10.3. The second-order valence-electron chi connectivity index (χ2n) is 4.25. The maximum atomic E-state index is 13.1. The molecule has 0 aromatic heterocycles. The molecule has 0 spiro atoms. The highest BCUT2D eigenvalue weighted by molar-refractivity contribution is 6.05. The van der Waals surface area contributed by atoms with Crippen LogP contribution in [0.5, 0.6) is 0 Å². The predicted molar refractivity (Wildman–Crippen MR) is 73.5 cm³/mol. The van der Waals surface area contributed by atoms with E-state index in [1.165, 1.54) is 23.1 Å². The van der Waals surface area contributed by atoms with Crippen LogP contribution < -0.4 is 10.6 Å². The van der Waals surface area contributed by atoms with Crippen LogP contribution in [0.25, 0.3) is 0 Å². The molecule has 0 saturated carbocycles. The van der Waals surface area contributed by atoms with Crippen molar-refractivity contribution in [1.29, 1.82) is 0 Å². The average molecular weight is 258 g/mol. The minimum Gasteiger partial charge on any atom is -0.326 e. The van der Waals surface area contributed by atoms with E-state index >= 15 is 0 Å². The molecule has 0 unspecified atom stereocenters. The van der Waals surface area contributed by atoms with Crippen LogP contribution in [0.1, 0.15) is 15.9 Å². The first-order valence-electron chi connectivity index (χ1n) is 5.94. The van der Waals surface area contributed by atoms with Gasteiger partial charge in [0.1, 0.15) is 5.82 Å². The maximum Gasteiger partial charge on any atom is 0.258 e. The molecule has 0 heterocycles. The quantitative estimate of drug-likeness (QED) is 0.919. The lowest BCUT2D eigenvalue weighted by Crippen LogP contribution is -2.26. The molecule has 0 fully saturated rings. The Morgan fingerprint density at radius 3 is 2.47 bits per heavy atom. The fourth-order valence-electron chi connectivity index (χ4n) is 1.79. The highest BCUT2D eigenvalue weighted by Crippen LogP contribution is 2.17. The van der Waals surface area contributed by atoms with E-state index in [-0.39, 0.29) is 5.91 Å². The second-order valence-corrected chi connectivity index (χ2v) is 4.25. The minimum atomic E-state index is -0.419. The lowest BCUT2D eigenvalue weighted by molar-refractivity contribution is 0.0992. The van der Waals surface area contributed by atoms with Crippen LogP contribution in [0.4, 0.5) is 10.1 Å². The molecule has 0 aliphatic rings. The fraction of sp³-hybridized carbons (Fsp3) is 0.133. The Morgan fingerprint density at radius 1 is 1.21 bits per heavy atom. The van der Waals surface area contributed by atoms with E-state index in [9.17, 15) is 9.18 Å². The number of hydrogen-bond donors (Lipinski definition) is 1. The molecule has 0 aliphatic carbocycles. The number of nitrogens with two attached hydrogens (primary N) is 1. The van der Waals surface area contributed by atoms with Gasteiger partial charge in [0, 0.05) is 24.8 Å². The molecule has 2 N–H and O–H groups in total. The zero-order valence-electron chi connectivity index (χ0n) is 10.6. The lowest BCUT2D eigenvalue weighted by atomic mass is 10.1. The summed E-state index contributed by atoms with van der Waals surface area (Å²) >= 11 is 0. The van der Waals surface area contributed by atoms with Gasteiger partial charge >= 0.3 is 0 Å². The summed E-state index contributed by atoms with van der Waals surface area (Å²) < 4.78 is 13.1. The molecule has 0 saturated heterocycles. The Bertz CT molecular complexity index is 581. The molecule has 0 aliphatic heterocycles. The number of rotatable bonds is 3. The van der Waals surface area contributed by atoms with Gasteiger partial charge in [-0.25, -0.2) is 4.39 Å². The first kappa shape index (κ1) is 13.2. The first-order chi connectivity index (χ1) is 9.11. The molecular formula is C15H15FN2O. The van der Waals surface area contributed by atoms with E-state index in [0.29, 0.717) is 12.1 Å². The van der Waals surface area contributed by atoms with Crippen LogP contribution in [-0.2, 0) is 6.54 Å². The van der Waals surface area contributed by atoms with Crippen molar-refractivity contribution in [2.75, 3.05) is 11.9 Å². The zero-order chi connectivity index (χ0) is 13.8. The number of hydrogen-bond acceptors (Lipinski definition) is 2. The largest absolute Gasteiger partial charge is 0.326 e. The van der Waals surface area contributed by atoms with E-state index in [2.05, 4.69) is 0 Å². The standard InChI is InChI=1S/C15H15FN2O/c1-18(14-7-5-11(10-17)6-8-14)15(19)12-3-2-4-13(16)9-12/h2-9H,10,17H2,1H3. The van der Waals surface area contributed by atoms with Crippen LogP contribution in [0.15, 0.2) is 48.5 Å². The summed E-state index contributed by atoms with van der Waals surface area (Å²) in [7, 11) is 1.66. The van der Waals surface area contributed by atoms with Crippen molar-refractivity contribution in [1.82, 2.24) is 0 Å². The van der Waals surface area contributed by atoms with Crippen LogP contribution in [0.3, 0.4) is 0 Å². The Kier molecular flexibility index (Phi) is 3.92. The molecule has 2 rings (SSSR count). The van der Waals surface area contributed by atoms with E-state index in [1.807, 2.05) is 24.3 Å². The second kappa shape index (κ2) is 5.63. The van der Waals surface area contributed by atoms with Crippen LogP contribution in [-0.4, -0.2) is 13.0 Å². The molecule has 1 amide bonds. The van der Waals surface area contributed by atoms with Gasteiger partial charge in [0.2, 0.25) is 0 Å². The summed E-state index contributed by atoms with van der Waals surface area (Å²) in [5.74, 6) is -0.669. The summed E-state index contributed by atoms with van der Waals surface area (Å²) in [6, 6.07) is 13.0. The highest BCUT2D eigenvalue weighted by Gasteiger charge is 2.13. The smallest absolute Gasteiger partial charge is 0.258 e. The Hall–Kier alpha value is -2.20. The zero-order valence-corrected chi connectivity index (χ0v) is 10.6. The summed E-state index contributed by atoms with van der Waals surface area (Å²) in [5, 5.41) is 0. The van der Waals surface area contributed by atoms with Crippen LogP contribution in [0, 0.1) is 5.82 Å². The van der Waals surface area contributed by atoms with Gasteiger partial charge in [-0.3, -0.25) is 4.79 Å². The average Bonchev–Trinajstić information content (AvgIpc) is 2.46. The Morgan fingerprint density at radius 2 is 1.89 bits per heavy atom. The molecular weight excluding hydrogens is 243 g/mol. The predicted octanol–water partition coefficient (Wildman–Crippen LogP) is 2.56. The van der Waals surface area contributed by atoms with Crippen molar-refractivity contribution in [3.63, 3.8) is 0 Å². The highest BCUT2D eigenvalue weighted by atomic mass is 19.1. The first-order valence-corrected chi connectivity index (χ1v) is 5.94. The number of amides is 1. The summed E-state index contributed by atoms with van der Waals surface area (Å²) in [4.78, 5) is 13.7. The fourth-order valence-corrected chi connectivity index (χ4v) is 1.79. The van der Waals surface area contributed by atoms with E-state index in [1.54, 1.807) is 13.1 Å². The molecule has 4 heteroatoms. The third-order valence-electron chi connectivity index (χ3n) is 2.94. The van der Waals surface area contributed by atoms with Gasteiger partial charge < -0.3 is 10.6 Å². The van der Waals surface area contributed by atoms with Crippen molar-refractivity contribution < 1.29 is 9.18 Å². The maximum absolute atomic E-state index is 13.1. The molecule has 0 atom stereocenters. The van der Waals surface area contributed by atoms with Gasteiger partial charge in [0.05, 0.1) is 0 Å². The van der Waals surface area contributed by atoms with Gasteiger partial charge in [-0.05, 0) is 35.9 Å². The van der Waals surface area contributed by atoms with Gasteiger partial charge in [-0.15, -0.1) is 0 Å².